The van der Waals surface area contributed by atoms with Crippen molar-refractivity contribution in [1.29, 1.82) is 0 Å². The molecule has 0 aliphatic carbocycles. The Hall–Kier alpha value is -1.88. The highest BCUT2D eigenvalue weighted by Gasteiger charge is 2.24. The van der Waals surface area contributed by atoms with Gasteiger partial charge in [0.05, 0.1) is 12.6 Å². The van der Waals surface area contributed by atoms with Crippen molar-refractivity contribution in [3.8, 4) is 0 Å². The number of nitrogens with zero attached hydrogens (tertiary/aromatic N) is 1. The van der Waals surface area contributed by atoms with Gasteiger partial charge >= 0.3 is 0 Å². The average molecular weight is 287 g/mol. The van der Waals surface area contributed by atoms with Gasteiger partial charge in [-0.3, -0.25) is 9.59 Å². The Morgan fingerprint density at radius 2 is 2.10 bits per heavy atom. The smallest absolute Gasteiger partial charge is 0.242 e. The maximum Gasteiger partial charge on any atom is 0.242 e. The SMILES string of the molecule is O=C(NCC(=O)N1CCc2ccccc2C1)C1CCCN1. The first-order chi connectivity index (χ1) is 10.2. The van der Waals surface area contributed by atoms with Crippen LogP contribution < -0.4 is 10.6 Å². The number of hydrogen-bond acceptors (Lipinski definition) is 3. The first-order valence-corrected chi connectivity index (χ1v) is 7.60. The van der Waals surface area contributed by atoms with Crippen LogP contribution in [0.4, 0.5) is 0 Å². The van der Waals surface area contributed by atoms with E-state index < -0.39 is 0 Å². The van der Waals surface area contributed by atoms with Gasteiger partial charge in [-0.1, -0.05) is 24.3 Å². The van der Waals surface area contributed by atoms with Crippen LogP contribution in [-0.2, 0) is 22.6 Å². The molecule has 2 aliphatic rings. The number of carbonyl (C=O) groups is 2. The molecule has 0 saturated carbocycles. The molecule has 2 N–H and O–H groups in total. The molecule has 0 bridgehead atoms. The molecule has 5 nitrogen and oxygen atoms in total. The lowest BCUT2D eigenvalue weighted by Crippen LogP contribution is -2.46. The van der Waals surface area contributed by atoms with E-state index >= 15 is 0 Å². The van der Waals surface area contributed by atoms with Crippen molar-refractivity contribution >= 4 is 11.8 Å². The van der Waals surface area contributed by atoms with Crippen LogP contribution in [0.15, 0.2) is 24.3 Å². The summed E-state index contributed by atoms with van der Waals surface area (Å²) in [6.07, 6.45) is 2.77. The number of hydrogen-bond donors (Lipinski definition) is 2. The molecule has 112 valence electrons. The zero-order chi connectivity index (χ0) is 14.7. The Bertz CT molecular complexity index is 538. The fourth-order valence-electron chi connectivity index (χ4n) is 3.01. The topological polar surface area (TPSA) is 61.4 Å². The minimum Gasteiger partial charge on any atom is -0.346 e. The van der Waals surface area contributed by atoms with E-state index in [1.807, 2.05) is 17.0 Å². The Labute approximate surface area is 124 Å². The third kappa shape index (κ3) is 3.24. The van der Waals surface area contributed by atoms with Crippen LogP contribution in [0.1, 0.15) is 24.0 Å². The zero-order valence-electron chi connectivity index (χ0n) is 12.1. The van der Waals surface area contributed by atoms with Gasteiger partial charge in [-0.05, 0) is 36.9 Å². The highest BCUT2D eigenvalue weighted by molar-refractivity contribution is 5.87. The number of nitrogens with one attached hydrogen (secondary N) is 2. The van der Waals surface area contributed by atoms with Gasteiger partial charge in [0.25, 0.3) is 0 Å². The van der Waals surface area contributed by atoms with Crippen molar-refractivity contribution in [2.24, 2.45) is 0 Å². The maximum atomic E-state index is 12.2. The van der Waals surface area contributed by atoms with E-state index in [1.165, 1.54) is 11.1 Å². The van der Waals surface area contributed by atoms with E-state index in [4.69, 9.17) is 0 Å². The first-order valence-electron chi connectivity index (χ1n) is 7.60. The summed E-state index contributed by atoms with van der Waals surface area (Å²) in [6, 6.07) is 8.09. The lowest BCUT2D eigenvalue weighted by atomic mass is 10.00. The van der Waals surface area contributed by atoms with Gasteiger partial charge in [-0.15, -0.1) is 0 Å². The quantitative estimate of drug-likeness (QED) is 0.848. The maximum absolute atomic E-state index is 12.2. The molecule has 1 unspecified atom stereocenters. The van der Waals surface area contributed by atoms with E-state index in [0.717, 1.165) is 32.4 Å². The summed E-state index contributed by atoms with van der Waals surface area (Å²) in [5, 5.41) is 5.89. The minimum absolute atomic E-state index is 0.00384. The second-order valence-electron chi connectivity index (χ2n) is 5.70. The Kier molecular flexibility index (Phi) is 4.20. The second kappa shape index (κ2) is 6.26. The molecule has 2 heterocycles. The van der Waals surface area contributed by atoms with E-state index in [0.29, 0.717) is 6.54 Å². The lowest BCUT2D eigenvalue weighted by molar-refractivity contribution is -0.134. The number of fused-ring (bicyclic) bond motifs is 1. The fourth-order valence-corrected chi connectivity index (χ4v) is 3.01. The van der Waals surface area contributed by atoms with E-state index in [-0.39, 0.29) is 24.4 Å². The van der Waals surface area contributed by atoms with Crippen LogP contribution in [0, 0.1) is 0 Å². The van der Waals surface area contributed by atoms with Gasteiger partial charge in [0.2, 0.25) is 11.8 Å². The fraction of sp³-hybridized carbons (Fsp3) is 0.500. The normalized spacial score (nSPS) is 21.0. The second-order valence-corrected chi connectivity index (χ2v) is 5.70. The van der Waals surface area contributed by atoms with Crippen molar-refractivity contribution in [1.82, 2.24) is 15.5 Å². The van der Waals surface area contributed by atoms with Crippen LogP contribution in [0.25, 0.3) is 0 Å². The third-order valence-corrected chi connectivity index (χ3v) is 4.27. The van der Waals surface area contributed by atoms with Gasteiger partial charge in [-0.2, -0.15) is 0 Å². The van der Waals surface area contributed by atoms with Crippen LogP contribution >= 0.6 is 0 Å². The summed E-state index contributed by atoms with van der Waals surface area (Å²) in [4.78, 5) is 25.9. The molecular weight excluding hydrogens is 266 g/mol. The summed E-state index contributed by atoms with van der Waals surface area (Å²) >= 11 is 0. The summed E-state index contributed by atoms with van der Waals surface area (Å²) in [6.45, 7) is 2.36. The van der Waals surface area contributed by atoms with E-state index in [1.54, 1.807) is 0 Å². The zero-order valence-corrected chi connectivity index (χ0v) is 12.1. The summed E-state index contributed by atoms with van der Waals surface area (Å²) < 4.78 is 0. The predicted octanol–water partition coefficient (Wildman–Crippen LogP) is 0.439. The van der Waals surface area contributed by atoms with Crippen LogP contribution in [0.5, 0.6) is 0 Å². The molecule has 1 atom stereocenters. The number of benzene rings is 1. The van der Waals surface area contributed by atoms with Crippen molar-refractivity contribution < 1.29 is 9.59 Å². The standard InChI is InChI=1S/C16H21N3O2/c20-15(10-18-16(21)14-6-3-8-17-14)19-9-7-12-4-1-2-5-13(12)11-19/h1-2,4-5,14,17H,3,6-11H2,(H,18,21). The highest BCUT2D eigenvalue weighted by atomic mass is 16.2. The molecule has 5 heteroatoms. The first kappa shape index (κ1) is 14.1. The summed E-state index contributed by atoms with van der Waals surface area (Å²) in [5.74, 6) is -0.0610. The molecule has 21 heavy (non-hydrogen) atoms. The summed E-state index contributed by atoms with van der Waals surface area (Å²) in [5.41, 5.74) is 2.53. The predicted molar refractivity (Wildman–Crippen MR) is 79.6 cm³/mol. The number of rotatable bonds is 3. The molecule has 0 radical (unpaired) electrons. The van der Waals surface area contributed by atoms with Crippen molar-refractivity contribution in [3.05, 3.63) is 35.4 Å². The van der Waals surface area contributed by atoms with E-state index in [9.17, 15) is 9.59 Å². The lowest BCUT2D eigenvalue weighted by Gasteiger charge is -2.29. The molecule has 2 aliphatic heterocycles. The van der Waals surface area contributed by atoms with Gasteiger partial charge in [-0.25, -0.2) is 0 Å². The average Bonchev–Trinajstić information content (AvgIpc) is 3.06. The molecule has 1 aromatic carbocycles. The largest absolute Gasteiger partial charge is 0.346 e. The van der Waals surface area contributed by atoms with Crippen LogP contribution in [0.2, 0.25) is 0 Å². The van der Waals surface area contributed by atoms with Crippen LogP contribution in [0.3, 0.4) is 0 Å². The molecular formula is C16H21N3O2. The molecule has 0 spiro atoms. The van der Waals surface area contributed by atoms with Gasteiger partial charge < -0.3 is 15.5 Å². The third-order valence-electron chi connectivity index (χ3n) is 4.27. The van der Waals surface area contributed by atoms with E-state index in [2.05, 4.69) is 22.8 Å². The number of amides is 2. The molecule has 1 aromatic rings. The monoisotopic (exact) mass is 287 g/mol. The molecule has 2 amide bonds. The van der Waals surface area contributed by atoms with Gasteiger partial charge in [0.1, 0.15) is 0 Å². The molecule has 1 fully saturated rings. The van der Waals surface area contributed by atoms with Gasteiger partial charge in [0, 0.05) is 13.1 Å². The molecule has 3 rings (SSSR count). The minimum atomic E-state index is -0.125. The van der Waals surface area contributed by atoms with Crippen molar-refractivity contribution in [3.63, 3.8) is 0 Å². The summed E-state index contributed by atoms with van der Waals surface area (Å²) in [7, 11) is 0. The number of carbonyl (C=O) groups excluding carboxylic acids is 2. The molecule has 1 saturated heterocycles. The Morgan fingerprint density at radius 3 is 2.86 bits per heavy atom. The Morgan fingerprint density at radius 1 is 1.29 bits per heavy atom. The van der Waals surface area contributed by atoms with Gasteiger partial charge in [0.15, 0.2) is 0 Å². The van der Waals surface area contributed by atoms with Crippen molar-refractivity contribution in [2.45, 2.75) is 31.8 Å². The Balaban J connectivity index is 1.51. The van der Waals surface area contributed by atoms with Crippen molar-refractivity contribution in [2.75, 3.05) is 19.6 Å². The molecule has 0 aromatic heterocycles. The van der Waals surface area contributed by atoms with Crippen LogP contribution in [-0.4, -0.2) is 42.4 Å². The highest BCUT2D eigenvalue weighted by Crippen LogP contribution is 2.18.